The maximum Gasteiger partial charge on any atom is 0.269 e. The van der Waals surface area contributed by atoms with Crippen molar-refractivity contribution in [2.75, 3.05) is 0 Å². The van der Waals surface area contributed by atoms with Crippen LogP contribution < -0.4 is 10.9 Å². The Kier molecular flexibility index (Phi) is 4.29. The van der Waals surface area contributed by atoms with Gasteiger partial charge < -0.3 is 0 Å². The third kappa shape index (κ3) is 3.46. The van der Waals surface area contributed by atoms with Gasteiger partial charge in [0.05, 0.1) is 0 Å². The quantitative estimate of drug-likeness (QED) is 0.823. The van der Waals surface area contributed by atoms with E-state index in [0.717, 1.165) is 16.3 Å². The molecule has 2 bridgehead atoms. The Morgan fingerprint density at radius 1 is 1.10 bits per heavy atom. The van der Waals surface area contributed by atoms with Crippen molar-refractivity contribution in [3.63, 3.8) is 0 Å². The smallest absolute Gasteiger partial charge is 0.269 e. The summed E-state index contributed by atoms with van der Waals surface area (Å²) in [7, 11) is 0. The summed E-state index contributed by atoms with van der Waals surface area (Å²) in [5.41, 5.74) is 5.54. The van der Waals surface area contributed by atoms with Crippen LogP contribution in [0.5, 0.6) is 0 Å². The standard InChI is InChI=1S/C16H19BrN2O2/c17-14-5-3-11(4-6-14)16(21)19-18-15(20)9-13-8-10-1-2-12(13)7-10/h3-6,10,12-13H,1-2,7-9H2,(H,18,20)(H,19,21)/t10-,12+,13-/m0/s1. The van der Waals surface area contributed by atoms with Gasteiger partial charge in [-0.05, 0) is 61.3 Å². The van der Waals surface area contributed by atoms with Crippen molar-refractivity contribution in [3.8, 4) is 0 Å². The predicted molar refractivity (Wildman–Crippen MR) is 83.3 cm³/mol. The number of carbonyl (C=O) groups excluding carboxylic acids is 2. The van der Waals surface area contributed by atoms with Crippen LogP contribution in [0, 0.1) is 17.8 Å². The highest BCUT2D eigenvalue weighted by Crippen LogP contribution is 2.49. The number of carbonyl (C=O) groups is 2. The van der Waals surface area contributed by atoms with Crippen LogP contribution >= 0.6 is 15.9 Å². The Labute approximate surface area is 132 Å². The lowest BCUT2D eigenvalue weighted by atomic mass is 9.86. The van der Waals surface area contributed by atoms with Crippen LogP contribution in [-0.2, 0) is 4.79 Å². The largest absolute Gasteiger partial charge is 0.273 e. The molecule has 0 unspecified atom stereocenters. The van der Waals surface area contributed by atoms with Crippen molar-refractivity contribution in [3.05, 3.63) is 34.3 Å². The molecule has 3 atom stereocenters. The molecule has 0 aliphatic heterocycles. The fraction of sp³-hybridized carbons (Fsp3) is 0.500. The minimum atomic E-state index is -0.288. The van der Waals surface area contributed by atoms with Crippen LogP contribution in [0.15, 0.2) is 28.7 Å². The van der Waals surface area contributed by atoms with Crippen LogP contribution in [0.4, 0.5) is 0 Å². The van der Waals surface area contributed by atoms with Crippen LogP contribution in [0.25, 0.3) is 0 Å². The second-order valence-electron chi connectivity index (χ2n) is 6.15. The van der Waals surface area contributed by atoms with Gasteiger partial charge in [-0.15, -0.1) is 0 Å². The first kappa shape index (κ1) is 14.6. The van der Waals surface area contributed by atoms with E-state index in [1.807, 2.05) is 0 Å². The lowest BCUT2D eigenvalue weighted by molar-refractivity contribution is -0.123. The van der Waals surface area contributed by atoms with E-state index in [1.165, 1.54) is 25.7 Å². The molecule has 2 fully saturated rings. The zero-order chi connectivity index (χ0) is 14.8. The van der Waals surface area contributed by atoms with Gasteiger partial charge in [0.25, 0.3) is 5.91 Å². The lowest BCUT2D eigenvalue weighted by Crippen LogP contribution is -2.42. The average molecular weight is 351 g/mol. The molecule has 1 aromatic rings. The molecule has 0 spiro atoms. The maximum atomic E-state index is 11.9. The van der Waals surface area contributed by atoms with Crippen molar-refractivity contribution in [2.45, 2.75) is 32.1 Å². The van der Waals surface area contributed by atoms with Crippen LogP contribution in [0.3, 0.4) is 0 Å². The number of fused-ring (bicyclic) bond motifs is 2. The summed E-state index contributed by atoms with van der Waals surface area (Å²) >= 11 is 3.32. The Morgan fingerprint density at radius 2 is 1.86 bits per heavy atom. The second kappa shape index (κ2) is 6.18. The normalized spacial score (nSPS) is 26.6. The third-order valence-electron chi connectivity index (χ3n) is 4.75. The first-order valence-electron chi connectivity index (χ1n) is 7.46. The summed E-state index contributed by atoms with van der Waals surface area (Å²) in [6.45, 7) is 0. The molecule has 112 valence electrons. The Morgan fingerprint density at radius 3 is 2.48 bits per heavy atom. The van der Waals surface area contributed by atoms with Crippen LogP contribution in [0.1, 0.15) is 42.5 Å². The van der Waals surface area contributed by atoms with Gasteiger partial charge in [-0.25, -0.2) is 0 Å². The Bertz CT molecular complexity index is 544. The highest BCUT2D eigenvalue weighted by Gasteiger charge is 2.40. The van der Waals surface area contributed by atoms with Gasteiger partial charge in [0.2, 0.25) is 5.91 Å². The molecule has 0 aromatic heterocycles. The molecule has 2 aliphatic rings. The molecular formula is C16H19BrN2O2. The number of nitrogens with one attached hydrogen (secondary N) is 2. The number of hydrazine groups is 1. The molecule has 2 N–H and O–H groups in total. The molecule has 3 rings (SSSR count). The van der Waals surface area contributed by atoms with Crippen molar-refractivity contribution in [1.82, 2.24) is 10.9 Å². The summed E-state index contributed by atoms with van der Waals surface area (Å²) in [5.74, 6) is 1.70. The molecule has 4 nitrogen and oxygen atoms in total. The fourth-order valence-corrected chi connectivity index (χ4v) is 3.98. The molecular weight excluding hydrogens is 332 g/mol. The van der Waals surface area contributed by atoms with E-state index in [4.69, 9.17) is 0 Å². The van der Waals surface area contributed by atoms with Crippen LogP contribution in [0.2, 0.25) is 0 Å². The van der Waals surface area contributed by atoms with Gasteiger partial charge in [0, 0.05) is 16.5 Å². The van der Waals surface area contributed by atoms with Gasteiger partial charge in [-0.2, -0.15) is 0 Å². The first-order chi connectivity index (χ1) is 10.1. The van der Waals surface area contributed by atoms with Gasteiger partial charge in [0.1, 0.15) is 0 Å². The number of benzene rings is 1. The van der Waals surface area contributed by atoms with Crippen molar-refractivity contribution >= 4 is 27.7 Å². The van der Waals surface area contributed by atoms with Gasteiger partial charge >= 0.3 is 0 Å². The molecule has 0 radical (unpaired) electrons. The van der Waals surface area contributed by atoms with E-state index in [-0.39, 0.29) is 11.8 Å². The minimum absolute atomic E-state index is 0.0852. The fourth-order valence-electron chi connectivity index (χ4n) is 3.72. The van der Waals surface area contributed by atoms with E-state index in [2.05, 4.69) is 26.8 Å². The lowest BCUT2D eigenvalue weighted by Gasteiger charge is -2.20. The summed E-state index contributed by atoms with van der Waals surface area (Å²) < 4.78 is 0.916. The number of halogens is 1. The zero-order valence-electron chi connectivity index (χ0n) is 11.8. The van der Waals surface area contributed by atoms with E-state index in [9.17, 15) is 9.59 Å². The van der Waals surface area contributed by atoms with E-state index in [1.54, 1.807) is 24.3 Å². The van der Waals surface area contributed by atoms with Crippen molar-refractivity contribution in [1.29, 1.82) is 0 Å². The monoisotopic (exact) mass is 350 g/mol. The summed E-state index contributed by atoms with van der Waals surface area (Å²) in [4.78, 5) is 23.8. The summed E-state index contributed by atoms with van der Waals surface area (Å²) in [6, 6.07) is 7.01. The predicted octanol–water partition coefficient (Wildman–Crippen LogP) is 3.04. The highest BCUT2D eigenvalue weighted by atomic mass is 79.9. The number of rotatable bonds is 3. The molecule has 2 aliphatic carbocycles. The van der Waals surface area contributed by atoms with Crippen molar-refractivity contribution in [2.24, 2.45) is 17.8 Å². The molecule has 2 amide bonds. The van der Waals surface area contributed by atoms with Gasteiger partial charge in [0.15, 0.2) is 0 Å². The summed E-state index contributed by atoms with van der Waals surface area (Å²) in [6.07, 6.45) is 5.61. The zero-order valence-corrected chi connectivity index (χ0v) is 13.4. The Balaban J connectivity index is 1.45. The van der Waals surface area contributed by atoms with E-state index in [0.29, 0.717) is 17.9 Å². The molecule has 0 heterocycles. The molecule has 5 heteroatoms. The minimum Gasteiger partial charge on any atom is -0.273 e. The molecule has 0 saturated heterocycles. The Hall–Kier alpha value is -1.36. The topological polar surface area (TPSA) is 58.2 Å². The number of amides is 2. The van der Waals surface area contributed by atoms with E-state index >= 15 is 0 Å². The van der Waals surface area contributed by atoms with Gasteiger partial charge in [-0.3, -0.25) is 20.4 Å². The first-order valence-corrected chi connectivity index (χ1v) is 8.26. The second-order valence-corrected chi connectivity index (χ2v) is 7.06. The van der Waals surface area contributed by atoms with Gasteiger partial charge in [-0.1, -0.05) is 22.4 Å². The SMILES string of the molecule is O=C(C[C@@H]1C[C@H]2CC[C@@H]1C2)NNC(=O)c1ccc(Br)cc1. The van der Waals surface area contributed by atoms with Crippen molar-refractivity contribution < 1.29 is 9.59 Å². The molecule has 21 heavy (non-hydrogen) atoms. The summed E-state index contributed by atoms with van der Waals surface area (Å²) in [5, 5.41) is 0. The van der Waals surface area contributed by atoms with Crippen LogP contribution in [-0.4, -0.2) is 11.8 Å². The average Bonchev–Trinajstić information content (AvgIpc) is 3.08. The highest BCUT2D eigenvalue weighted by molar-refractivity contribution is 9.10. The third-order valence-corrected chi connectivity index (χ3v) is 5.28. The number of hydrogen-bond donors (Lipinski definition) is 2. The molecule has 2 saturated carbocycles. The number of hydrogen-bond acceptors (Lipinski definition) is 2. The van der Waals surface area contributed by atoms with E-state index < -0.39 is 0 Å². The maximum absolute atomic E-state index is 11.9. The molecule has 1 aromatic carbocycles.